The van der Waals surface area contributed by atoms with Gasteiger partial charge in [-0.1, -0.05) is 73.2 Å². The van der Waals surface area contributed by atoms with Gasteiger partial charge in [-0.2, -0.15) is 13.2 Å². The second kappa shape index (κ2) is 11.9. The van der Waals surface area contributed by atoms with Gasteiger partial charge in [0.15, 0.2) is 0 Å². The number of benzene rings is 3. The Morgan fingerprint density at radius 1 is 0.829 bits per heavy atom. The molecule has 9 heteroatoms. The number of fused-ring (bicyclic) bond motifs is 3. The largest absolute Gasteiger partial charge is 0.508 e. The Hall–Kier alpha value is -3.85. The van der Waals surface area contributed by atoms with Crippen molar-refractivity contribution in [2.75, 3.05) is 39.3 Å². The van der Waals surface area contributed by atoms with Gasteiger partial charge in [-0.15, -0.1) is 0 Å². The fourth-order valence-corrected chi connectivity index (χ4v) is 6.17. The predicted molar refractivity (Wildman–Crippen MR) is 150 cm³/mol. The normalized spacial score (nSPS) is 16.2. The Morgan fingerprint density at radius 2 is 1.41 bits per heavy atom. The summed E-state index contributed by atoms with van der Waals surface area (Å²) >= 11 is 0. The van der Waals surface area contributed by atoms with E-state index in [1.807, 2.05) is 53.4 Å². The molecule has 2 aliphatic rings. The highest BCUT2D eigenvalue weighted by atomic mass is 19.4. The Bertz CT molecular complexity index is 1350. The predicted octanol–water partition coefficient (Wildman–Crippen LogP) is 4.89. The van der Waals surface area contributed by atoms with Crippen LogP contribution in [-0.4, -0.2) is 72.2 Å². The molecule has 41 heavy (non-hydrogen) atoms. The van der Waals surface area contributed by atoms with Crippen LogP contribution in [0.25, 0.3) is 11.1 Å². The molecule has 0 aromatic heterocycles. The van der Waals surface area contributed by atoms with E-state index in [0.717, 1.165) is 48.3 Å². The van der Waals surface area contributed by atoms with Gasteiger partial charge in [0, 0.05) is 31.7 Å². The van der Waals surface area contributed by atoms with Crippen molar-refractivity contribution in [3.63, 3.8) is 0 Å². The number of nitrogens with one attached hydrogen (secondary N) is 1. The number of phenols is 1. The standard InChI is InChI=1S/C32H34F3N3O3/c33-32(34,35)22-36-30(41)31(26-12-4-2-10-24(26)25-11-3-5-13-27(25)31)15-7-8-16-37-17-19-38(20-18-37)29(40)21-23-9-1-6-14-28(23)39/h1-6,9-14,39H,7-8,15-22H2,(H,36,41). The highest BCUT2D eigenvalue weighted by molar-refractivity contribution is 6.00. The minimum atomic E-state index is -4.50. The summed E-state index contributed by atoms with van der Waals surface area (Å²) in [4.78, 5) is 30.4. The number of piperazine rings is 1. The van der Waals surface area contributed by atoms with Gasteiger partial charge in [0.05, 0.1) is 6.42 Å². The highest BCUT2D eigenvalue weighted by Crippen LogP contribution is 2.51. The second-order valence-electron chi connectivity index (χ2n) is 10.8. The van der Waals surface area contributed by atoms with E-state index in [1.165, 1.54) is 0 Å². The number of carbonyl (C=O) groups is 2. The van der Waals surface area contributed by atoms with Crippen molar-refractivity contribution >= 4 is 11.8 Å². The Balaban J connectivity index is 1.21. The number of rotatable bonds is 9. The van der Waals surface area contributed by atoms with Crippen molar-refractivity contribution in [3.05, 3.63) is 89.5 Å². The van der Waals surface area contributed by atoms with Crippen LogP contribution in [0, 0.1) is 0 Å². The third-order valence-corrected chi connectivity index (χ3v) is 8.24. The van der Waals surface area contributed by atoms with Crippen molar-refractivity contribution in [2.45, 2.75) is 37.3 Å². The summed E-state index contributed by atoms with van der Waals surface area (Å²) in [6.45, 7) is 2.02. The molecule has 216 valence electrons. The third kappa shape index (κ3) is 6.10. The molecule has 3 aromatic carbocycles. The van der Waals surface area contributed by atoms with E-state index < -0.39 is 24.0 Å². The van der Waals surface area contributed by atoms with Crippen LogP contribution in [0.4, 0.5) is 13.2 Å². The number of hydrogen-bond donors (Lipinski definition) is 2. The Labute approximate surface area is 237 Å². The van der Waals surface area contributed by atoms with Crippen molar-refractivity contribution < 1.29 is 27.9 Å². The fraction of sp³-hybridized carbons (Fsp3) is 0.375. The van der Waals surface area contributed by atoms with Crippen LogP contribution in [0.1, 0.15) is 36.0 Å². The molecule has 0 bridgehead atoms. The summed E-state index contributed by atoms with van der Waals surface area (Å²) in [5.74, 6) is -0.516. The molecule has 0 saturated carbocycles. The maximum absolute atomic E-state index is 13.6. The lowest BCUT2D eigenvalue weighted by Crippen LogP contribution is -2.49. The van der Waals surface area contributed by atoms with Crippen LogP contribution < -0.4 is 5.32 Å². The van der Waals surface area contributed by atoms with Crippen LogP contribution in [0.2, 0.25) is 0 Å². The fourth-order valence-electron chi connectivity index (χ4n) is 6.17. The van der Waals surface area contributed by atoms with Crippen LogP contribution in [0.3, 0.4) is 0 Å². The van der Waals surface area contributed by atoms with Crippen molar-refractivity contribution in [1.82, 2.24) is 15.1 Å². The maximum atomic E-state index is 13.6. The quantitative estimate of drug-likeness (QED) is 0.363. The first-order chi connectivity index (χ1) is 19.7. The van der Waals surface area contributed by atoms with E-state index in [9.17, 15) is 27.9 Å². The Morgan fingerprint density at radius 3 is 2.02 bits per heavy atom. The summed E-state index contributed by atoms with van der Waals surface area (Å²) < 4.78 is 39.2. The first kappa shape index (κ1) is 28.7. The zero-order chi connectivity index (χ0) is 29.0. The average molecular weight is 566 g/mol. The van der Waals surface area contributed by atoms with Gasteiger partial charge in [-0.25, -0.2) is 0 Å². The molecule has 1 heterocycles. The third-order valence-electron chi connectivity index (χ3n) is 8.24. The molecule has 0 spiro atoms. The number of unbranched alkanes of at least 4 members (excludes halogenated alkanes) is 1. The van der Waals surface area contributed by atoms with Crippen LogP contribution in [0.15, 0.2) is 72.8 Å². The number of aromatic hydroxyl groups is 1. The van der Waals surface area contributed by atoms with Crippen LogP contribution in [0.5, 0.6) is 5.75 Å². The summed E-state index contributed by atoms with van der Waals surface area (Å²) in [5, 5.41) is 12.2. The number of hydrogen-bond acceptors (Lipinski definition) is 4. The molecule has 1 saturated heterocycles. The molecule has 0 unspecified atom stereocenters. The average Bonchev–Trinajstić information content (AvgIpc) is 3.26. The number of phenolic OH excluding ortho intramolecular Hbond substituents is 1. The summed E-state index contributed by atoms with van der Waals surface area (Å²) in [5.41, 5.74) is 2.69. The van der Waals surface area contributed by atoms with Gasteiger partial charge in [-0.05, 0) is 47.7 Å². The van der Waals surface area contributed by atoms with Crippen molar-refractivity contribution in [2.24, 2.45) is 0 Å². The van der Waals surface area contributed by atoms with Crippen LogP contribution >= 0.6 is 0 Å². The number of alkyl halides is 3. The lowest BCUT2D eigenvalue weighted by Gasteiger charge is -2.35. The summed E-state index contributed by atoms with van der Waals surface area (Å²) in [6, 6.07) is 21.8. The van der Waals surface area contributed by atoms with Gasteiger partial charge in [0.25, 0.3) is 0 Å². The van der Waals surface area contributed by atoms with Gasteiger partial charge in [0.1, 0.15) is 17.7 Å². The number of amides is 2. The number of halogens is 3. The van der Waals surface area contributed by atoms with Gasteiger partial charge in [0.2, 0.25) is 11.8 Å². The molecule has 2 N–H and O–H groups in total. The minimum Gasteiger partial charge on any atom is -0.508 e. The molecule has 0 radical (unpaired) electrons. The molecule has 1 aliphatic heterocycles. The molecule has 1 aliphatic carbocycles. The van der Waals surface area contributed by atoms with Crippen LogP contribution in [-0.2, 0) is 21.4 Å². The van der Waals surface area contributed by atoms with Crippen molar-refractivity contribution in [3.8, 4) is 16.9 Å². The van der Waals surface area contributed by atoms with Crippen molar-refractivity contribution in [1.29, 1.82) is 0 Å². The van der Waals surface area contributed by atoms with E-state index in [0.29, 0.717) is 31.5 Å². The Kier molecular flexibility index (Phi) is 8.35. The zero-order valence-corrected chi connectivity index (χ0v) is 22.8. The summed E-state index contributed by atoms with van der Waals surface area (Å²) in [6.07, 6.45) is -2.53. The molecular weight excluding hydrogens is 531 g/mol. The summed E-state index contributed by atoms with van der Waals surface area (Å²) in [7, 11) is 0. The van der Waals surface area contributed by atoms with E-state index in [-0.39, 0.29) is 18.1 Å². The van der Waals surface area contributed by atoms with E-state index >= 15 is 0 Å². The van der Waals surface area contributed by atoms with E-state index in [4.69, 9.17) is 0 Å². The van der Waals surface area contributed by atoms with Gasteiger partial charge < -0.3 is 15.3 Å². The second-order valence-corrected chi connectivity index (χ2v) is 10.8. The van der Waals surface area contributed by atoms with Gasteiger partial charge >= 0.3 is 6.18 Å². The number of para-hydroxylation sites is 1. The van der Waals surface area contributed by atoms with E-state index in [2.05, 4.69) is 10.2 Å². The van der Waals surface area contributed by atoms with E-state index in [1.54, 1.807) is 24.3 Å². The number of nitrogens with zero attached hydrogens (tertiary/aromatic N) is 2. The molecule has 1 fully saturated rings. The monoisotopic (exact) mass is 565 g/mol. The first-order valence-electron chi connectivity index (χ1n) is 14.0. The highest BCUT2D eigenvalue weighted by Gasteiger charge is 2.49. The maximum Gasteiger partial charge on any atom is 0.405 e. The molecule has 2 amide bonds. The lowest BCUT2D eigenvalue weighted by atomic mass is 9.73. The van der Waals surface area contributed by atoms with Gasteiger partial charge in [-0.3, -0.25) is 14.5 Å². The molecule has 5 rings (SSSR count). The molecule has 3 aromatic rings. The zero-order valence-electron chi connectivity index (χ0n) is 22.8. The number of carbonyl (C=O) groups excluding carboxylic acids is 2. The lowest BCUT2D eigenvalue weighted by molar-refractivity contribution is -0.141. The SMILES string of the molecule is O=C(Cc1ccccc1O)N1CCN(CCCCC2(C(=O)NCC(F)(F)F)c3ccccc3-c3ccccc32)CC1. The molecule has 0 atom stereocenters. The molecule has 6 nitrogen and oxygen atoms in total. The first-order valence-corrected chi connectivity index (χ1v) is 14.0. The smallest absolute Gasteiger partial charge is 0.405 e. The molecular formula is C32H34F3N3O3. The topological polar surface area (TPSA) is 72.9 Å². The minimum absolute atomic E-state index is 0.0171.